The van der Waals surface area contributed by atoms with Crippen LogP contribution in [0.1, 0.15) is 26.5 Å². The molecule has 3 N–H and O–H groups in total. The Morgan fingerprint density at radius 2 is 2.35 bits per heavy atom. The van der Waals surface area contributed by atoms with E-state index in [9.17, 15) is 9.90 Å². The molecular formula is C10H16N4O3. The first-order valence-corrected chi connectivity index (χ1v) is 5.53. The molecule has 0 unspecified atom stereocenters. The molecular weight excluding hydrogens is 224 g/mol. The highest BCUT2D eigenvalue weighted by Crippen LogP contribution is 2.31. The minimum atomic E-state index is -0.579. The Kier molecular flexibility index (Phi) is 3.12. The van der Waals surface area contributed by atoms with Crippen molar-refractivity contribution in [3.63, 3.8) is 0 Å². The van der Waals surface area contributed by atoms with Gasteiger partial charge in [0.25, 0.3) is 0 Å². The van der Waals surface area contributed by atoms with Crippen LogP contribution in [-0.4, -0.2) is 31.8 Å². The fraction of sp³-hybridized carbons (Fsp3) is 0.700. The number of nitrogens with zero attached hydrogens (tertiary/aromatic N) is 3. The van der Waals surface area contributed by atoms with Crippen LogP contribution in [0.25, 0.3) is 0 Å². The Morgan fingerprint density at radius 3 is 2.88 bits per heavy atom. The quantitative estimate of drug-likeness (QED) is 0.724. The van der Waals surface area contributed by atoms with E-state index >= 15 is 0 Å². The summed E-state index contributed by atoms with van der Waals surface area (Å²) in [5.74, 6) is 0.116. The monoisotopic (exact) mass is 240 g/mol. The smallest absolute Gasteiger partial charge is 0.354 e. The molecule has 1 aromatic rings. The molecule has 2 heterocycles. The summed E-state index contributed by atoms with van der Waals surface area (Å²) in [6.45, 7) is 3.91. The first kappa shape index (κ1) is 12.0. The lowest BCUT2D eigenvalue weighted by atomic mass is 10.0. The molecule has 0 radical (unpaired) electrons. The summed E-state index contributed by atoms with van der Waals surface area (Å²) < 4.78 is 6.89. The summed E-state index contributed by atoms with van der Waals surface area (Å²) in [4.78, 5) is 18.9. The van der Waals surface area contributed by atoms with Gasteiger partial charge >= 0.3 is 5.69 Å². The van der Waals surface area contributed by atoms with Crippen LogP contribution in [0.3, 0.4) is 0 Å². The predicted molar refractivity (Wildman–Crippen MR) is 60.1 cm³/mol. The predicted octanol–water partition coefficient (Wildman–Crippen LogP) is -0.475. The number of nitrogen functional groups attached to an aromatic ring is 1. The second-order valence-electron chi connectivity index (χ2n) is 4.51. The third-order valence-electron chi connectivity index (χ3n) is 2.85. The minimum Gasteiger partial charge on any atom is -0.390 e. The van der Waals surface area contributed by atoms with E-state index in [4.69, 9.17) is 10.5 Å². The van der Waals surface area contributed by atoms with Gasteiger partial charge in [0.1, 0.15) is 12.6 Å². The lowest BCUT2D eigenvalue weighted by molar-refractivity contribution is -0.0434. The standard InChI is InChI=1S/C10H16N4O3/c1-5(2)8-6(15)3-7(17-8)14-4-12-9(11)13-10(14)16/h4-8,15H,3H2,1-2H3,(H2,11,13,16)/t6-,7+,8+/m0/s1. The lowest BCUT2D eigenvalue weighted by Gasteiger charge is -2.18. The molecule has 0 bridgehead atoms. The maximum Gasteiger partial charge on any atom is 0.354 e. The van der Waals surface area contributed by atoms with Gasteiger partial charge in [-0.15, -0.1) is 0 Å². The molecule has 0 saturated carbocycles. The molecule has 1 saturated heterocycles. The third kappa shape index (κ3) is 2.29. The van der Waals surface area contributed by atoms with Crippen molar-refractivity contribution in [1.82, 2.24) is 14.5 Å². The van der Waals surface area contributed by atoms with Crippen molar-refractivity contribution < 1.29 is 9.84 Å². The summed E-state index contributed by atoms with van der Waals surface area (Å²) in [7, 11) is 0. The van der Waals surface area contributed by atoms with E-state index in [0.29, 0.717) is 6.42 Å². The number of nitrogens with two attached hydrogens (primary N) is 1. The summed E-state index contributed by atoms with van der Waals surface area (Å²) in [6.07, 6.45) is 0.278. The number of hydrogen-bond acceptors (Lipinski definition) is 6. The molecule has 7 nitrogen and oxygen atoms in total. The van der Waals surface area contributed by atoms with Gasteiger partial charge in [-0.05, 0) is 5.92 Å². The minimum absolute atomic E-state index is 0.0646. The molecule has 0 aliphatic carbocycles. The first-order chi connectivity index (χ1) is 7.99. The van der Waals surface area contributed by atoms with Crippen LogP contribution in [-0.2, 0) is 4.74 Å². The average Bonchev–Trinajstić information content (AvgIpc) is 2.60. The van der Waals surface area contributed by atoms with E-state index in [1.807, 2.05) is 13.8 Å². The van der Waals surface area contributed by atoms with Gasteiger partial charge in [-0.2, -0.15) is 4.98 Å². The van der Waals surface area contributed by atoms with E-state index in [1.54, 1.807) is 0 Å². The third-order valence-corrected chi connectivity index (χ3v) is 2.85. The molecule has 94 valence electrons. The fourth-order valence-electron chi connectivity index (χ4n) is 2.00. The van der Waals surface area contributed by atoms with Gasteiger partial charge in [-0.3, -0.25) is 4.57 Å². The van der Waals surface area contributed by atoms with Crippen LogP contribution >= 0.6 is 0 Å². The summed E-state index contributed by atoms with van der Waals surface area (Å²) >= 11 is 0. The zero-order valence-corrected chi connectivity index (χ0v) is 9.78. The van der Waals surface area contributed by atoms with Crippen LogP contribution in [0.5, 0.6) is 0 Å². The average molecular weight is 240 g/mol. The summed E-state index contributed by atoms with van der Waals surface area (Å²) in [5, 5.41) is 9.83. The number of aliphatic hydroxyl groups is 1. The van der Waals surface area contributed by atoms with Crippen LogP contribution in [0.4, 0.5) is 5.95 Å². The van der Waals surface area contributed by atoms with Crippen molar-refractivity contribution in [1.29, 1.82) is 0 Å². The van der Waals surface area contributed by atoms with Crippen molar-refractivity contribution in [2.75, 3.05) is 5.73 Å². The van der Waals surface area contributed by atoms with Gasteiger partial charge in [0.2, 0.25) is 5.95 Å². The number of hydrogen-bond donors (Lipinski definition) is 2. The van der Waals surface area contributed by atoms with Gasteiger partial charge < -0.3 is 15.6 Å². The van der Waals surface area contributed by atoms with Crippen LogP contribution in [0, 0.1) is 5.92 Å². The van der Waals surface area contributed by atoms with E-state index in [1.165, 1.54) is 10.9 Å². The Bertz CT molecular complexity index is 459. The highest BCUT2D eigenvalue weighted by atomic mass is 16.5. The Morgan fingerprint density at radius 1 is 1.65 bits per heavy atom. The SMILES string of the molecule is CC(C)[C@H]1O[C@@H](n2cnc(N)nc2=O)C[C@@H]1O. The normalized spacial score (nSPS) is 28.8. The molecule has 3 atom stereocenters. The Balaban J connectivity index is 2.23. The molecule has 2 rings (SSSR count). The maximum absolute atomic E-state index is 11.6. The van der Waals surface area contributed by atoms with Crippen molar-refractivity contribution in [2.24, 2.45) is 5.92 Å². The molecule has 1 aliphatic heterocycles. The second kappa shape index (κ2) is 4.42. The molecule has 0 spiro atoms. The van der Waals surface area contributed by atoms with Crippen molar-refractivity contribution >= 4 is 5.95 Å². The molecule has 17 heavy (non-hydrogen) atoms. The molecule has 1 aliphatic rings. The fourth-order valence-corrected chi connectivity index (χ4v) is 2.00. The van der Waals surface area contributed by atoms with Gasteiger partial charge in [-0.25, -0.2) is 9.78 Å². The zero-order chi connectivity index (χ0) is 12.6. The topological polar surface area (TPSA) is 103 Å². The number of rotatable bonds is 2. The van der Waals surface area contributed by atoms with Crippen LogP contribution in [0.2, 0.25) is 0 Å². The van der Waals surface area contributed by atoms with Crippen molar-refractivity contribution in [3.05, 3.63) is 16.8 Å². The molecule has 1 fully saturated rings. The molecule has 0 aromatic carbocycles. The van der Waals surface area contributed by atoms with Crippen LogP contribution < -0.4 is 11.4 Å². The van der Waals surface area contributed by atoms with Gasteiger partial charge in [-0.1, -0.05) is 13.8 Å². The summed E-state index contributed by atoms with van der Waals surface area (Å²) in [6, 6.07) is 0. The Labute approximate surface area is 98.3 Å². The zero-order valence-electron chi connectivity index (χ0n) is 9.78. The number of anilines is 1. The highest BCUT2D eigenvalue weighted by molar-refractivity contribution is 5.09. The number of aliphatic hydroxyl groups excluding tert-OH is 1. The maximum atomic E-state index is 11.6. The lowest BCUT2D eigenvalue weighted by Crippen LogP contribution is -2.29. The van der Waals surface area contributed by atoms with E-state index < -0.39 is 18.0 Å². The van der Waals surface area contributed by atoms with E-state index in [2.05, 4.69) is 9.97 Å². The largest absolute Gasteiger partial charge is 0.390 e. The van der Waals surface area contributed by atoms with Gasteiger partial charge in [0.15, 0.2) is 0 Å². The van der Waals surface area contributed by atoms with Crippen LogP contribution in [0.15, 0.2) is 11.1 Å². The summed E-state index contributed by atoms with van der Waals surface area (Å²) in [5.41, 5.74) is 4.79. The second-order valence-corrected chi connectivity index (χ2v) is 4.51. The van der Waals surface area contributed by atoms with Crippen molar-refractivity contribution in [3.8, 4) is 0 Å². The van der Waals surface area contributed by atoms with Crippen molar-refractivity contribution in [2.45, 2.75) is 38.7 Å². The van der Waals surface area contributed by atoms with E-state index in [-0.39, 0.29) is 18.0 Å². The molecule has 1 aromatic heterocycles. The molecule has 7 heteroatoms. The number of aromatic nitrogens is 3. The van der Waals surface area contributed by atoms with E-state index in [0.717, 1.165) is 0 Å². The highest BCUT2D eigenvalue weighted by Gasteiger charge is 2.37. The first-order valence-electron chi connectivity index (χ1n) is 5.53. The number of ether oxygens (including phenoxy) is 1. The molecule has 0 amide bonds. The van der Waals surface area contributed by atoms with Gasteiger partial charge in [0, 0.05) is 6.42 Å². The van der Waals surface area contributed by atoms with Gasteiger partial charge in [0.05, 0.1) is 12.2 Å². The Hall–Kier alpha value is -1.47.